The van der Waals surface area contributed by atoms with Crippen LogP contribution in [0.15, 0.2) is 18.3 Å². The maximum absolute atomic E-state index is 14.1. The molecule has 4 rings (SSSR count). The summed E-state index contributed by atoms with van der Waals surface area (Å²) < 4.78 is 14.1. The number of nitrogens with zero attached hydrogens (tertiary/aromatic N) is 2. The number of rotatable bonds is 5. The monoisotopic (exact) mass is 386 g/mol. The highest BCUT2D eigenvalue weighted by Crippen LogP contribution is 2.51. The van der Waals surface area contributed by atoms with Crippen LogP contribution in [0.4, 0.5) is 4.39 Å². The van der Waals surface area contributed by atoms with E-state index in [1.807, 2.05) is 0 Å². The number of piperidine rings is 1. The quantitative estimate of drug-likeness (QED) is 0.670. The van der Waals surface area contributed by atoms with Crippen molar-refractivity contribution in [3.63, 3.8) is 0 Å². The zero-order valence-electron chi connectivity index (χ0n) is 15.2. The molecule has 3 heterocycles. The fourth-order valence-electron chi connectivity index (χ4n) is 3.99. The van der Waals surface area contributed by atoms with Crippen LogP contribution in [0.1, 0.15) is 47.2 Å². The Hall–Kier alpha value is -2.94. The van der Waals surface area contributed by atoms with E-state index in [9.17, 15) is 23.9 Å². The van der Waals surface area contributed by atoms with Gasteiger partial charge >= 0.3 is 5.97 Å². The molecular weight excluding hydrogens is 367 g/mol. The van der Waals surface area contributed by atoms with Crippen LogP contribution in [0.5, 0.6) is 0 Å². The third-order valence-electron chi connectivity index (χ3n) is 5.66. The molecule has 0 amide bonds. The molecule has 3 atom stereocenters. The number of carboxylic acids is 1. The topological polar surface area (TPSA) is 125 Å². The van der Waals surface area contributed by atoms with Crippen LogP contribution in [-0.4, -0.2) is 49.9 Å². The van der Waals surface area contributed by atoms with E-state index in [2.05, 4.69) is 20.5 Å². The van der Waals surface area contributed by atoms with Gasteiger partial charge in [0.15, 0.2) is 17.4 Å². The van der Waals surface area contributed by atoms with Crippen molar-refractivity contribution >= 4 is 17.5 Å². The lowest BCUT2D eigenvalue weighted by Gasteiger charge is -2.28. The fraction of sp³-hybridized carbons (Fsp3) is 0.421. The largest absolute Gasteiger partial charge is 0.481 e. The van der Waals surface area contributed by atoms with E-state index in [-0.39, 0.29) is 40.1 Å². The zero-order chi connectivity index (χ0) is 20.1. The predicted molar refractivity (Wildman–Crippen MR) is 95.3 cm³/mol. The molecule has 146 valence electrons. The molecule has 9 heteroatoms. The summed E-state index contributed by atoms with van der Waals surface area (Å²) in [5.74, 6) is -2.77. The van der Waals surface area contributed by atoms with E-state index >= 15 is 0 Å². The molecule has 2 aromatic rings. The number of aliphatic carboxylic acids is 1. The summed E-state index contributed by atoms with van der Waals surface area (Å²) in [6.07, 6.45) is 2.49. The van der Waals surface area contributed by atoms with Crippen LogP contribution in [-0.2, 0) is 4.79 Å². The van der Waals surface area contributed by atoms with Crippen molar-refractivity contribution in [2.45, 2.75) is 31.7 Å². The van der Waals surface area contributed by atoms with Gasteiger partial charge in [-0.05, 0) is 37.9 Å². The molecule has 0 bridgehead atoms. The van der Waals surface area contributed by atoms with E-state index in [0.717, 1.165) is 6.20 Å². The number of carboxylic acid groups (broad SMARTS) is 1. The molecule has 1 aliphatic heterocycles. The van der Waals surface area contributed by atoms with Crippen LogP contribution in [0.25, 0.3) is 11.3 Å². The summed E-state index contributed by atoms with van der Waals surface area (Å²) in [6.45, 7) is 1.89. The minimum absolute atomic E-state index is 0.110. The fourth-order valence-corrected chi connectivity index (χ4v) is 3.99. The maximum Gasteiger partial charge on any atom is 0.306 e. The van der Waals surface area contributed by atoms with E-state index in [1.165, 1.54) is 19.1 Å². The first-order valence-corrected chi connectivity index (χ1v) is 9.05. The number of carbonyl (C=O) groups excluding carboxylic acids is 2. The first kappa shape index (κ1) is 18.4. The van der Waals surface area contributed by atoms with Gasteiger partial charge in [0, 0.05) is 23.9 Å². The second kappa shape index (κ2) is 6.59. The predicted octanol–water partition coefficient (Wildman–Crippen LogP) is 1.84. The number of nitrogens with one attached hydrogen (secondary N) is 2. The Bertz CT molecular complexity index is 988. The molecule has 3 unspecified atom stereocenters. The molecule has 0 radical (unpaired) electrons. The Morgan fingerprint density at radius 3 is 2.75 bits per heavy atom. The van der Waals surface area contributed by atoms with Crippen molar-refractivity contribution in [3.05, 3.63) is 35.5 Å². The molecule has 1 saturated carbocycles. The molecule has 2 aromatic heterocycles. The smallest absolute Gasteiger partial charge is 0.306 e. The van der Waals surface area contributed by atoms with Crippen LogP contribution >= 0.6 is 0 Å². The van der Waals surface area contributed by atoms with Crippen LogP contribution < -0.4 is 5.32 Å². The number of H-pyrrole nitrogens is 1. The second-order valence-electron chi connectivity index (χ2n) is 7.50. The third kappa shape index (κ3) is 3.11. The Kier molecular flexibility index (Phi) is 4.34. The SMILES string of the molecule is CC(=O)c1cc(-c2cc(C(=O)C3CC34CC(C(=O)O)CCN4)n[nH]2)c(F)cn1. The average Bonchev–Trinajstić information content (AvgIpc) is 3.12. The highest BCUT2D eigenvalue weighted by Gasteiger charge is 2.60. The van der Waals surface area contributed by atoms with Crippen LogP contribution in [0.3, 0.4) is 0 Å². The summed E-state index contributed by atoms with van der Waals surface area (Å²) in [7, 11) is 0. The molecule has 2 fully saturated rings. The highest BCUT2D eigenvalue weighted by molar-refractivity contribution is 6.00. The first-order chi connectivity index (χ1) is 13.3. The van der Waals surface area contributed by atoms with Crippen molar-refractivity contribution in [1.82, 2.24) is 20.5 Å². The number of pyridine rings is 1. The molecular formula is C19H19FN4O4. The Morgan fingerprint density at radius 2 is 2.04 bits per heavy atom. The summed E-state index contributed by atoms with van der Waals surface area (Å²) in [6, 6.07) is 2.77. The normalized spacial score (nSPS) is 26.2. The van der Waals surface area contributed by atoms with Gasteiger partial charge in [-0.25, -0.2) is 4.39 Å². The molecule has 1 spiro atoms. The average molecular weight is 386 g/mol. The Morgan fingerprint density at radius 1 is 1.25 bits per heavy atom. The summed E-state index contributed by atoms with van der Waals surface area (Å²) in [4.78, 5) is 39.3. The number of Topliss-reactive ketones (excluding diaryl/α,β-unsaturated/α-hetero) is 2. The van der Waals surface area contributed by atoms with Gasteiger partial charge in [0.25, 0.3) is 0 Å². The van der Waals surface area contributed by atoms with Gasteiger partial charge in [0.05, 0.1) is 17.8 Å². The van der Waals surface area contributed by atoms with Crippen molar-refractivity contribution < 1.29 is 23.9 Å². The molecule has 3 N–H and O–H groups in total. The van der Waals surface area contributed by atoms with Crippen LogP contribution in [0, 0.1) is 17.7 Å². The lowest BCUT2D eigenvalue weighted by atomic mass is 9.88. The highest BCUT2D eigenvalue weighted by atomic mass is 19.1. The molecule has 1 saturated heterocycles. The van der Waals surface area contributed by atoms with Gasteiger partial charge in [-0.15, -0.1) is 0 Å². The van der Waals surface area contributed by atoms with Crippen molar-refractivity contribution in [1.29, 1.82) is 0 Å². The van der Waals surface area contributed by atoms with Crippen LogP contribution in [0.2, 0.25) is 0 Å². The maximum atomic E-state index is 14.1. The summed E-state index contributed by atoms with van der Waals surface area (Å²) >= 11 is 0. The lowest BCUT2D eigenvalue weighted by Crippen LogP contribution is -2.44. The van der Waals surface area contributed by atoms with Gasteiger partial charge in [-0.2, -0.15) is 5.10 Å². The van der Waals surface area contributed by atoms with Gasteiger partial charge in [-0.3, -0.25) is 24.5 Å². The number of carbonyl (C=O) groups is 3. The standard InChI is InChI=1S/C19H19FN4O4/c1-9(25)14-4-11(13(20)8-21-14)15-5-16(24-23-15)17(26)12-7-19(12)6-10(18(27)28)2-3-22-19/h4-5,8,10,12,22H,2-3,6-7H2,1H3,(H,23,24)(H,27,28). The van der Waals surface area contributed by atoms with Gasteiger partial charge in [-0.1, -0.05) is 0 Å². The van der Waals surface area contributed by atoms with E-state index < -0.39 is 23.2 Å². The minimum atomic E-state index is -0.838. The molecule has 0 aromatic carbocycles. The van der Waals surface area contributed by atoms with Gasteiger partial charge in [0.2, 0.25) is 0 Å². The third-order valence-corrected chi connectivity index (χ3v) is 5.66. The number of hydrogen-bond donors (Lipinski definition) is 3. The molecule has 8 nitrogen and oxygen atoms in total. The van der Waals surface area contributed by atoms with E-state index in [1.54, 1.807) is 0 Å². The number of hydrogen-bond acceptors (Lipinski definition) is 6. The number of ketones is 2. The van der Waals surface area contributed by atoms with Crippen molar-refractivity contribution in [2.75, 3.05) is 6.54 Å². The van der Waals surface area contributed by atoms with E-state index in [4.69, 9.17) is 0 Å². The molecule has 1 aliphatic carbocycles. The van der Waals surface area contributed by atoms with Crippen molar-refractivity contribution in [2.24, 2.45) is 11.8 Å². The number of aromatic nitrogens is 3. The van der Waals surface area contributed by atoms with Crippen molar-refractivity contribution in [3.8, 4) is 11.3 Å². The van der Waals surface area contributed by atoms with Gasteiger partial charge in [0.1, 0.15) is 11.4 Å². The number of halogens is 1. The molecule has 28 heavy (non-hydrogen) atoms. The summed E-state index contributed by atoms with van der Waals surface area (Å²) in [5, 5.41) is 19.2. The lowest BCUT2D eigenvalue weighted by molar-refractivity contribution is -0.143. The molecule has 2 aliphatic rings. The number of aromatic amines is 1. The zero-order valence-corrected chi connectivity index (χ0v) is 15.2. The summed E-state index contributed by atoms with van der Waals surface area (Å²) in [5.41, 5.74) is 0.184. The van der Waals surface area contributed by atoms with Gasteiger partial charge < -0.3 is 10.4 Å². The second-order valence-corrected chi connectivity index (χ2v) is 7.50. The Labute approximate surface area is 159 Å². The first-order valence-electron chi connectivity index (χ1n) is 9.05. The minimum Gasteiger partial charge on any atom is -0.481 e. The Balaban J connectivity index is 1.54. The van der Waals surface area contributed by atoms with E-state index in [0.29, 0.717) is 25.8 Å².